The molecule has 0 bridgehead atoms. The zero-order valence-corrected chi connectivity index (χ0v) is 14.5. The zero-order chi connectivity index (χ0) is 17.6. The number of carbonyl (C=O) groups excluding carboxylic acids is 1. The van der Waals surface area contributed by atoms with Gasteiger partial charge in [0.1, 0.15) is 15.6 Å². The third kappa shape index (κ3) is 3.98. The van der Waals surface area contributed by atoms with Crippen LogP contribution < -0.4 is 16.4 Å². The van der Waals surface area contributed by atoms with Crippen LogP contribution in [0.5, 0.6) is 0 Å². The molecule has 7 nitrogen and oxygen atoms in total. The summed E-state index contributed by atoms with van der Waals surface area (Å²) in [6.45, 7) is 0.318. The van der Waals surface area contributed by atoms with E-state index in [-0.39, 0.29) is 11.9 Å². The molecule has 1 aromatic carbocycles. The molecule has 0 saturated heterocycles. The molecule has 0 aliphatic carbocycles. The Morgan fingerprint density at radius 2 is 2.04 bits per heavy atom. The van der Waals surface area contributed by atoms with Crippen molar-refractivity contribution in [2.45, 2.75) is 6.04 Å². The molecule has 2 heterocycles. The van der Waals surface area contributed by atoms with Gasteiger partial charge in [-0.15, -0.1) is 11.3 Å². The van der Waals surface area contributed by atoms with Crippen molar-refractivity contribution in [2.75, 3.05) is 18.9 Å². The number of thiazole rings is 1. The van der Waals surface area contributed by atoms with E-state index in [4.69, 9.17) is 5.73 Å². The maximum Gasteiger partial charge on any atom is 0.263 e. The van der Waals surface area contributed by atoms with Crippen LogP contribution in [0.3, 0.4) is 0 Å². The molecule has 25 heavy (non-hydrogen) atoms. The highest BCUT2D eigenvalue weighted by Crippen LogP contribution is 2.24. The first-order valence-electron chi connectivity index (χ1n) is 7.74. The number of rotatable bonds is 6. The second-order valence-corrected chi connectivity index (χ2v) is 6.25. The molecule has 0 saturated carbocycles. The Labute approximate surface area is 149 Å². The van der Waals surface area contributed by atoms with Crippen molar-refractivity contribution in [3.8, 4) is 10.7 Å². The number of amides is 1. The smallest absolute Gasteiger partial charge is 0.263 e. The first-order chi connectivity index (χ1) is 12.2. The molecule has 0 spiro atoms. The quantitative estimate of drug-likeness (QED) is 0.626. The van der Waals surface area contributed by atoms with Crippen LogP contribution in [-0.2, 0) is 0 Å². The van der Waals surface area contributed by atoms with Gasteiger partial charge in [0.2, 0.25) is 5.95 Å². The molecule has 1 atom stereocenters. The van der Waals surface area contributed by atoms with Crippen molar-refractivity contribution in [3.63, 3.8) is 0 Å². The first kappa shape index (κ1) is 17.0. The van der Waals surface area contributed by atoms with E-state index in [1.54, 1.807) is 25.5 Å². The molecule has 2 aromatic heterocycles. The fourth-order valence-electron chi connectivity index (χ4n) is 2.29. The average Bonchev–Trinajstić information content (AvgIpc) is 3.17. The van der Waals surface area contributed by atoms with Gasteiger partial charge in [-0.25, -0.2) is 15.0 Å². The van der Waals surface area contributed by atoms with Crippen molar-refractivity contribution < 1.29 is 4.79 Å². The third-order valence-electron chi connectivity index (χ3n) is 3.57. The summed E-state index contributed by atoms with van der Waals surface area (Å²) in [4.78, 5) is 25.7. The van der Waals surface area contributed by atoms with E-state index in [9.17, 15) is 4.79 Å². The number of anilines is 1. The summed E-state index contributed by atoms with van der Waals surface area (Å²) >= 11 is 1.28. The Morgan fingerprint density at radius 1 is 1.24 bits per heavy atom. The number of aromatic nitrogens is 3. The Bertz CT molecular complexity index is 851. The van der Waals surface area contributed by atoms with Crippen LogP contribution in [0.15, 0.2) is 48.8 Å². The van der Waals surface area contributed by atoms with Crippen molar-refractivity contribution >= 4 is 23.2 Å². The molecule has 3 rings (SSSR count). The average molecular weight is 354 g/mol. The Kier molecular flexibility index (Phi) is 5.32. The molecule has 4 N–H and O–H groups in total. The van der Waals surface area contributed by atoms with Gasteiger partial charge in [0, 0.05) is 19.8 Å². The van der Waals surface area contributed by atoms with E-state index in [1.165, 1.54) is 11.3 Å². The molecule has 128 valence electrons. The molecule has 0 radical (unpaired) electrons. The normalized spacial score (nSPS) is 11.8. The van der Waals surface area contributed by atoms with Gasteiger partial charge in [-0.1, -0.05) is 30.3 Å². The molecule has 8 heteroatoms. The van der Waals surface area contributed by atoms with Crippen LogP contribution >= 0.6 is 11.3 Å². The van der Waals surface area contributed by atoms with Gasteiger partial charge in [0.15, 0.2) is 0 Å². The lowest BCUT2D eigenvalue weighted by Crippen LogP contribution is -2.32. The van der Waals surface area contributed by atoms with Gasteiger partial charge >= 0.3 is 0 Å². The zero-order valence-electron chi connectivity index (χ0n) is 13.6. The number of nitrogens with zero attached hydrogens (tertiary/aromatic N) is 3. The summed E-state index contributed by atoms with van der Waals surface area (Å²) in [6.07, 6.45) is 3.20. The molecule has 0 aliphatic rings. The topological polar surface area (TPSA) is 106 Å². The van der Waals surface area contributed by atoms with E-state index >= 15 is 0 Å². The Balaban J connectivity index is 1.76. The monoisotopic (exact) mass is 354 g/mol. The number of hydrogen-bond donors (Lipinski definition) is 3. The first-order valence-corrected chi connectivity index (χ1v) is 8.55. The van der Waals surface area contributed by atoms with Crippen molar-refractivity contribution in [1.82, 2.24) is 20.3 Å². The minimum Gasteiger partial charge on any atom is -0.357 e. The van der Waals surface area contributed by atoms with E-state index in [1.807, 2.05) is 30.3 Å². The van der Waals surface area contributed by atoms with E-state index < -0.39 is 0 Å². The fraction of sp³-hybridized carbons (Fsp3) is 0.176. The number of nitrogens with one attached hydrogen (secondary N) is 2. The minimum atomic E-state index is -0.241. The minimum absolute atomic E-state index is 0.203. The summed E-state index contributed by atoms with van der Waals surface area (Å²) in [5, 5.41) is 6.49. The van der Waals surface area contributed by atoms with Crippen molar-refractivity contribution in [3.05, 3.63) is 59.2 Å². The third-order valence-corrected chi connectivity index (χ3v) is 4.59. The highest BCUT2D eigenvalue weighted by Gasteiger charge is 2.17. The number of benzene rings is 1. The lowest BCUT2D eigenvalue weighted by Gasteiger charge is -2.16. The van der Waals surface area contributed by atoms with Gasteiger partial charge in [0.25, 0.3) is 5.91 Å². The van der Waals surface area contributed by atoms with Crippen molar-refractivity contribution in [1.29, 1.82) is 0 Å². The van der Waals surface area contributed by atoms with E-state index in [0.717, 1.165) is 5.56 Å². The van der Waals surface area contributed by atoms with Crippen LogP contribution in [-0.4, -0.2) is 34.5 Å². The maximum absolute atomic E-state index is 12.5. The molecule has 0 aliphatic heterocycles. The second kappa shape index (κ2) is 7.82. The van der Waals surface area contributed by atoms with Gasteiger partial charge < -0.3 is 16.4 Å². The second-order valence-electron chi connectivity index (χ2n) is 5.22. The van der Waals surface area contributed by atoms with Crippen LogP contribution in [0.4, 0.5) is 5.95 Å². The van der Waals surface area contributed by atoms with Crippen molar-refractivity contribution in [2.24, 2.45) is 5.73 Å². The van der Waals surface area contributed by atoms with Gasteiger partial charge in [0.05, 0.1) is 12.2 Å². The lowest BCUT2D eigenvalue weighted by molar-refractivity contribution is 0.0941. The predicted molar refractivity (Wildman–Crippen MR) is 98.4 cm³/mol. The van der Waals surface area contributed by atoms with Crippen LogP contribution in [0.1, 0.15) is 21.3 Å². The fourth-order valence-corrected chi connectivity index (χ4v) is 3.08. The summed E-state index contributed by atoms with van der Waals surface area (Å²) in [5.74, 6) is 0.303. The maximum atomic E-state index is 12.5. The molecule has 0 fully saturated rings. The van der Waals surface area contributed by atoms with Gasteiger partial charge in [-0.3, -0.25) is 4.79 Å². The molecular weight excluding hydrogens is 336 g/mol. The summed E-state index contributed by atoms with van der Waals surface area (Å²) < 4.78 is 0. The molecule has 0 unspecified atom stereocenters. The van der Waals surface area contributed by atoms with E-state index in [2.05, 4.69) is 25.6 Å². The Morgan fingerprint density at radius 3 is 2.76 bits per heavy atom. The van der Waals surface area contributed by atoms with E-state index in [0.29, 0.717) is 28.1 Å². The van der Waals surface area contributed by atoms with Gasteiger partial charge in [-0.05, 0) is 11.6 Å². The summed E-state index contributed by atoms with van der Waals surface area (Å²) in [6, 6.07) is 11.2. The molecule has 3 aromatic rings. The predicted octanol–water partition coefficient (Wildman–Crippen LogP) is 2.07. The highest BCUT2D eigenvalue weighted by molar-refractivity contribution is 7.16. The molecule has 1 amide bonds. The number of nitrogens with two attached hydrogens (primary N) is 1. The van der Waals surface area contributed by atoms with Crippen LogP contribution in [0.2, 0.25) is 0 Å². The van der Waals surface area contributed by atoms with Crippen LogP contribution in [0, 0.1) is 0 Å². The Hall–Kier alpha value is -2.84. The molecular formula is C17H18N6OS. The SMILES string of the molecule is CNc1nccc(-c2ncc(C(=O)N[C@H](CN)c3ccccc3)s2)n1. The summed E-state index contributed by atoms with van der Waals surface area (Å²) in [7, 11) is 1.75. The van der Waals surface area contributed by atoms with Gasteiger partial charge in [-0.2, -0.15) is 0 Å². The standard InChI is InChI=1S/C17H18N6OS/c1-19-17-20-8-7-12(23-17)16-21-10-14(25-16)15(24)22-13(9-18)11-5-3-2-4-6-11/h2-8,10,13H,9,18H2,1H3,(H,22,24)(H,19,20,23)/t13-/m1/s1. The largest absolute Gasteiger partial charge is 0.357 e. The van der Waals surface area contributed by atoms with Crippen LogP contribution in [0.25, 0.3) is 10.7 Å². The number of hydrogen-bond acceptors (Lipinski definition) is 7. The number of carbonyl (C=O) groups is 1. The lowest BCUT2D eigenvalue weighted by atomic mass is 10.1. The summed E-state index contributed by atoms with van der Waals surface area (Å²) in [5.41, 5.74) is 7.45. The highest BCUT2D eigenvalue weighted by atomic mass is 32.1.